The first-order valence-electron chi connectivity index (χ1n) is 8.70. The number of nitrogens with zero attached hydrogens (tertiary/aromatic N) is 1. The standard InChI is InChI=1S/C20H20ClNO4S/c1-2-3-8-17(23)26-18-11-13-12-22(10-9-16(13)27-18)19(20(24)25)14-6-4-5-7-15(14)21/h3-8,11,19H,2,9-10,12H2,1H3,(H,24,25). The van der Waals surface area contributed by atoms with Crippen LogP contribution in [0.4, 0.5) is 0 Å². The lowest BCUT2D eigenvalue weighted by atomic mass is 10.0. The molecule has 1 aliphatic heterocycles. The number of fused-ring (bicyclic) bond motifs is 1. The van der Waals surface area contributed by atoms with E-state index in [1.165, 1.54) is 17.4 Å². The number of hydrogen-bond acceptors (Lipinski definition) is 5. The fourth-order valence-corrected chi connectivity index (χ4v) is 4.38. The molecule has 1 aromatic heterocycles. The minimum absolute atomic E-state index is 0.396. The molecule has 0 saturated carbocycles. The Hall–Kier alpha value is -2.15. The number of halogens is 1. The molecule has 1 atom stereocenters. The predicted molar refractivity (Wildman–Crippen MR) is 105 cm³/mol. The van der Waals surface area contributed by atoms with Crippen LogP contribution in [-0.4, -0.2) is 28.5 Å². The second kappa shape index (κ2) is 8.69. The molecule has 0 radical (unpaired) electrons. The summed E-state index contributed by atoms with van der Waals surface area (Å²) in [5, 5.41) is 10.8. The van der Waals surface area contributed by atoms with Gasteiger partial charge < -0.3 is 9.84 Å². The third-order valence-electron chi connectivity index (χ3n) is 4.36. The highest BCUT2D eigenvalue weighted by atomic mass is 35.5. The second-order valence-corrected chi connectivity index (χ2v) is 7.73. The van der Waals surface area contributed by atoms with E-state index in [4.69, 9.17) is 16.3 Å². The third kappa shape index (κ3) is 4.58. The van der Waals surface area contributed by atoms with E-state index in [-0.39, 0.29) is 0 Å². The van der Waals surface area contributed by atoms with Crippen molar-refractivity contribution < 1.29 is 19.4 Å². The average molecular weight is 406 g/mol. The zero-order valence-corrected chi connectivity index (χ0v) is 16.4. The summed E-state index contributed by atoms with van der Waals surface area (Å²) < 4.78 is 5.35. The first-order valence-corrected chi connectivity index (χ1v) is 9.90. The number of carboxylic acids is 1. The van der Waals surface area contributed by atoms with Crippen LogP contribution in [0.5, 0.6) is 5.06 Å². The molecule has 27 heavy (non-hydrogen) atoms. The fraction of sp³-hybridized carbons (Fsp3) is 0.300. The SMILES string of the molecule is CCC=CC(=O)Oc1cc2c(s1)CCN(C(C(=O)O)c1ccccc1Cl)C2. The number of ether oxygens (including phenoxy) is 1. The van der Waals surface area contributed by atoms with Gasteiger partial charge in [0.2, 0.25) is 0 Å². The van der Waals surface area contributed by atoms with Crippen LogP contribution in [0.15, 0.2) is 42.5 Å². The number of thiophene rings is 1. The van der Waals surface area contributed by atoms with Crippen LogP contribution < -0.4 is 4.74 Å². The normalized spacial score (nSPS) is 15.5. The summed E-state index contributed by atoms with van der Waals surface area (Å²) in [6, 6.07) is 8.04. The van der Waals surface area contributed by atoms with Gasteiger partial charge in [-0.3, -0.25) is 9.69 Å². The Bertz CT molecular complexity index is 877. The summed E-state index contributed by atoms with van der Waals surface area (Å²) in [6.45, 7) is 3.01. The maximum atomic E-state index is 11.9. The Balaban J connectivity index is 1.79. The molecule has 0 spiro atoms. The number of carbonyl (C=O) groups excluding carboxylic acids is 1. The monoisotopic (exact) mass is 405 g/mol. The van der Waals surface area contributed by atoms with Gasteiger partial charge in [-0.1, -0.05) is 42.8 Å². The predicted octanol–water partition coefficient (Wildman–Crippen LogP) is 4.46. The van der Waals surface area contributed by atoms with Crippen molar-refractivity contribution in [2.75, 3.05) is 6.54 Å². The summed E-state index contributed by atoms with van der Waals surface area (Å²) in [4.78, 5) is 26.7. The van der Waals surface area contributed by atoms with Crippen LogP contribution in [0.2, 0.25) is 5.02 Å². The molecule has 0 amide bonds. The van der Waals surface area contributed by atoms with Crippen LogP contribution >= 0.6 is 22.9 Å². The zero-order chi connectivity index (χ0) is 19.4. The summed E-state index contributed by atoms with van der Waals surface area (Å²) >= 11 is 7.67. The van der Waals surface area contributed by atoms with Crippen LogP contribution in [0.1, 0.15) is 35.4 Å². The van der Waals surface area contributed by atoms with E-state index in [9.17, 15) is 14.7 Å². The van der Waals surface area contributed by atoms with Crippen molar-refractivity contribution in [3.8, 4) is 5.06 Å². The van der Waals surface area contributed by atoms with Crippen molar-refractivity contribution in [1.29, 1.82) is 0 Å². The highest BCUT2D eigenvalue weighted by Gasteiger charge is 2.32. The molecule has 0 saturated heterocycles. The van der Waals surface area contributed by atoms with Gasteiger partial charge in [-0.05, 0) is 36.1 Å². The third-order valence-corrected chi connectivity index (χ3v) is 5.82. The highest BCUT2D eigenvalue weighted by Crippen LogP contribution is 2.37. The van der Waals surface area contributed by atoms with E-state index in [0.29, 0.717) is 35.2 Å². The molecule has 0 aliphatic carbocycles. The van der Waals surface area contributed by atoms with Crippen molar-refractivity contribution >= 4 is 34.9 Å². The van der Waals surface area contributed by atoms with Crippen LogP contribution in [-0.2, 0) is 22.6 Å². The van der Waals surface area contributed by atoms with Gasteiger partial charge in [0.15, 0.2) is 5.06 Å². The maximum absolute atomic E-state index is 11.9. The number of esters is 1. The molecule has 1 aliphatic rings. The molecule has 1 unspecified atom stereocenters. The van der Waals surface area contributed by atoms with Crippen molar-refractivity contribution in [2.24, 2.45) is 0 Å². The zero-order valence-electron chi connectivity index (χ0n) is 14.9. The Labute approximate surface area is 166 Å². The molecule has 0 fully saturated rings. The van der Waals surface area contributed by atoms with Crippen molar-refractivity contribution in [2.45, 2.75) is 32.4 Å². The summed E-state index contributed by atoms with van der Waals surface area (Å²) in [7, 11) is 0. The summed E-state index contributed by atoms with van der Waals surface area (Å²) in [5.41, 5.74) is 1.58. The molecule has 142 valence electrons. The van der Waals surface area contributed by atoms with Gasteiger partial charge in [0.1, 0.15) is 6.04 Å². The Morgan fingerprint density at radius 1 is 1.41 bits per heavy atom. The maximum Gasteiger partial charge on any atom is 0.336 e. The van der Waals surface area contributed by atoms with Gasteiger partial charge in [-0.2, -0.15) is 0 Å². The van der Waals surface area contributed by atoms with Gasteiger partial charge in [0.05, 0.1) is 0 Å². The lowest BCUT2D eigenvalue weighted by molar-refractivity contribution is -0.144. The molecular weight excluding hydrogens is 386 g/mol. The fourth-order valence-electron chi connectivity index (χ4n) is 3.13. The van der Waals surface area contributed by atoms with Crippen LogP contribution in [0.3, 0.4) is 0 Å². The van der Waals surface area contributed by atoms with E-state index in [1.807, 2.05) is 17.9 Å². The Kier molecular flexibility index (Phi) is 6.31. The molecule has 5 nitrogen and oxygen atoms in total. The quantitative estimate of drug-likeness (QED) is 0.567. The molecule has 0 bridgehead atoms. The van der Waals surface area contributed by atoms with E-state index >= 15 is 0 Å². The van der Waals surface area contributed by atoms with Gasteiger partial charge in [-0.15, -0.1) is 11.3 Å². The molecule has 2 aromatic rings. The van der Waals surface area contributed by atoms with E-state index in [2.05, 4.69) is 0 Å². The van der Waals surface area contributed by atoms with Crippen LogP contribution in [0.25, 0.3) is 0 Å². The molecule has 1 aromatic carbocycles. The number of aliphatic carboxylic acids is 1. The molecule has 2 heterocycles. The van der Waals surface area contributed by atoms with Crippen molar-refractivity contribution in [1.82, 2.24) is 4.90 Å². The topological polar surface area (TPSA) is 66.8 Å². The summed E-state index contributed by atoms with van der Waals surface area (Å²) in [6.07, 6.45) is 4.64. The largest absolute Gasteiger partial charge is 0.480 e. The lowest BCUT2D eigenvalue weighted by Crippen LogP contribution is -2.37. The van der Waals surface area contributed by atoms with Crippen molar-refractivity contribution in [3.63, 3.8) is 0 Å². The molecule has 3 rings (SSSR count). The first-order chi connectivity index (χ1) is 13.0. The summed E-state index contributed by atoms with van der Waals surface area (Å²) in [5.74, 6) is -1.33. The van der Waals surface area contributed by atoms with Gasteiger partial charge >= 0.3 is 11.9 Å². The van der Waals surface area contributed by atoms with Gasteiger partial charge in [0.25, 0.3) is 0 Å². The molecule has 1 N–H and O–H groups in total. The molecule has 7 heteroatoms. The number of rotatable bonds is 6. The average Bonchev–Trinajstić information content (AvgIpc) is 3.03. The Morgan fingerprint density at radius 2 is 2.19 bits per heavy atom. The minimum Gasteiger partial charge on any atom is -0.480 e. The van der Waals surface area contributed by atoms with Gasteiger partial charge in [0, 0.05) is 29.1 Å². The van der Waals surface area contributed by atoms with E-state index in [1.54, 1.807) is 30.3 Å². The number of carboxylic acid groups (broad SMARTS) is 1. The highest BCUT2D eigenvalue weighted by molar-refractivity contribution is 7.14. The van der Waals surface area contributed by atoms with Crippen LogP contribution in [0, 0.1) is 0 Å². The van der Waals surface area contributed by atoms with Gasteiger partial charge in [-0.25, -0.2) is 4.79 Å². The Morgan fingerprint density at radius 3 is 2.89 bits per heavy atom. The van der Waals surface area contributed by atoms with Crippen molar-refractivity contribution in [3.05, 3.63) is 63.5 Å². The molecular formula is C20H20ClNO4S. The second-order valence-electron chi connectivity index (χ2n) is 6.23. The lowest BCUT2D eigenvalue weighted by Gasteiger charge is -2.32. The van der Waals surface area contributed by atoms with E-state index in [0.717, 1.165) is 16.9 Å². The van der Waals surface area contributed by atoms with E-state index < -0.39 is 18.0 Å². The number of benzene rings is 1. The number of hydrogen-bond donors (Lipinski definition) is 1. The number of carbonyl (C=O) groups is 2. The first kappa shape index (κ1) is 19.6. The number of allylic oxidation sites excluding steroid dienone is 1. The minimum atomic E-state index is -0.932. The smallest absolute Gasteiger partial charge is 0.336 e.